The number of aliphatic hydroxyl groups excluding tert-OH is 1. The van der Waals surface area contributed by atoms with Crippen molar-refractivity contribution in [2.45, 2.75) is 65.7 Å². The van der Waals surface area contributed by atoms with Crippen molar-refractivity contribution in [2.24, 2.45) is 17.3 Å². The Morgan fingerprint density at radius 1 is 0.837 bits per heavy atom. The van der Waals surface area contributed by atoms with E-state index in [0.717, 1.165) is 19.3 Å². The molecule has 0 bridgehead atoms. The van der Waals surface area contributed by atoms with Crippen LogP contribution in [0.25, 0.3) is 0 Å². The molecule has 234 valence electrons. The van der Waals surface area contributed by atoms with Gasteiger partial charge in [0.05, 0.1) is 24.5 Å². The number of carbonyl (C=O) groups excluding carboxylic acids is 4. The minimum absolute atomic E-state index is 0. The average molecular weight is 622 g/mol. The van der Waals surface area contributed by atoms with Gasteiger partial charge in [-0.1, -0.05) is 43.4 Å². The van der Waals surface area contributed by atoms with Crippen LogP contribution in [0.5, 0.6) is 0 Å². The maximum atomic E-state index is 11.8. The van der Waals surface area contributed by atoms with Gasteiger partial charge < -0.3 is 27.8 Å². The Hall–Kier alpha value is -1.66. The molecule has 0 aliphatic carbocycles. The molecule has 0 saturated heterocycles. The molecule has 0 heterocycles. The minimum Gasteiger partial charge on any atom is -1.00 e. The molecule has 0 aromatic heterocycles. The van der Waals surface area contributed by atoms with Crippen molar-refractivity contribution in [1.82, 2.24) is 0 Å². The SMILES string of the molecule is C=CCC(CC)(CC=C)C(=O)OCC.C=CCC(CC=C)C(=O)OCC.C=CCC(CO)CC=C.O=C=O.[AlH3].[C-]#N.[H-].[Li+].[Na+]. The number of allylic oxidation sites excluding steroid dienone is 6. The van der Waals surface area contributed by atoms with Crippen molar-refractivity contribution >= 4 is 35.5 Å². The van der Waals surface area contributed by atoms with Crippen LogP contribution in [0, 0.1) is 29.1 Å². The van der Waals surface area contributed by atoms with Crippen LogP contribution in [0.4, 0.5) is 0 Å². The average Bonchev–Trinajstić information content (AvgIpc) is 2.95. The first-order valence-electron chi connectivity index (χ1n) is 13.0. The number of esters is 2. The van der Waals surface area contributed by atoms with Gasteiger partial charge >= 0.3 is 66.5 Å². The minimum atomic E-state index is -0.445. The quantitative estimate of drug-likeness (QED) is 0.0949. The predicted octanol–water partition coefficient (Wildman–Crippen LogP) is -0.387. The Labute approximate surface area is 307 Å². The summed E-state index contributed by atoms with van der Waals surface area (Å²) < 4.78 is 9.94. The smallest absolute Gasteiger partial charge is 1.00 e. The number of nitrogens with zero attached hydrogens (tertiary/aromatic N) is 1. The Morgan fingerprint density at radius 2 is 1.19 bits per heavy atom. The summed E-state index contributed by atoms with van der Waals surface area (Å²) in [7, 11) is 0. The first-order valence-corrected chi connectivity index (χ1v) is 13.0. The van der Waals surface area contributed by atoms with Crippen molar-refractivity contribution in [3.63, 3.8) is 0 Å². The van der Waals surface area contributed by atoms with Gasteiger partial charge in [0, 0.05) is 6.61 Å². The van der Waals surface area contributed by atoms with Crippen molar-refractivity contribution in [2.75, 3.05) is 19.8 Å². The van der Waals surface area contributed by atoms with Crippen molar-refractivity contribution in [1.29, 1.82) is 5.26 Å². The predicted molar refractivity (Wildman–Crippen MR) is 170 cm³/mol. The van der Waals surface area contributed by atoms with Gasteiger partial charge in [-0.3, -0.25) is 9.59 Å². The van der Waals surface area contributed by atoms with Crippen LogP contribution in [-0.4, -0.2) is 60.4 Å². The molecule has 0 fully saturated rings. The maximum Gasteiger partial charge on any atom is 1.00 e. The fourth-order valence-corrected chi connectivity index (χ4v) is 3.19. The Morgan fingerprint density at radius 3 is 1.42 bits per heavy atom. The number of ether oxygens (including phenoxy) is 2. The molecule has 0 aliphatic heterocycles. The third-order valence-electron chi connectivity index (χ3n) is 5.24. The molecule has 43 heavy (non-hydrogen) atoms. The van der Waals surface area contributed by atoms with E-state index >= 15 is 0 Å². The van der Waals surface area contributed by atoms with E-state index in [1.54, 1.807) is 31.2 Å². The molecule has 0 unspecified atom stereocenters. The van der Waals surface area contributed by atoms with Gasteiger partial charge in [-0.2, -0.15) is 9.59 Å². The molecule has 11 heteroatoms. The van der Waals surface area contributed by atoms with E-state index in [1.165, 1.54) is 0 Å². The standard InChI is InChI=1S/C12H20O2.C10H16O2.C8H14O.CN.CO2.Al.Li.Na.4H/c1-5-9-12(7-3,10-6-2)11(13)14-8-4;1-4-7-9(8-5-2)10(11)12-6-3;1-3-5-8(7-9)6-4-2;1-2;2-1-3;;;;;;;/h5-6H,1-2,7-10H2,3-4H3;4-5,9H,1-2,6-8H2,3H3;3-4,8-9H,1-2,5-7H2;;;;;;;;;/q;;;-1;;;2*+1;;;;-1. The van der Waals surface area contributed by atoms with Gasteiger partial charge in [-0.25, -0.2) is 0 Å². The molecule has 0 amide bonds. The first kappa shape index (κ1) is 60.5. The zero-order valence-electron chi connectivity index (χ0n) is 27.8. The fraction of sp³-hybridized carbons (Fsp3) is 0.500. The van der Waals surface area contributed by atoms with E-state index in [1.807, 2.05) is 26.0 Å². The summed E-state index contributed by atoms with van der Waals surface area (Å²) in [6.45, 7) is 33.1. The van der Waals surface area contributed by atoms with Gasteiger partial charge in [0.25, 0.3) is 0 Å². The molecule has 0 spiro atoms. The second kappa shape index (κ2) is 50.0. The largest absolute Gasteiger partial charge is 1.00 e. The molecular weight excluding hydrogens is 567 g/mol. The second-order valence-electron chi connectivity index (χ2n) is 8.02. The molecule has 0 atom stereocenters. The van der Waals surface area contributed by atoms with Gasteiger partial charge in [-0.05, 0) is 64.7 Å². The Bertz CT molecular complexity index is 747. The summed E-state index contributed by atoms with van der Waals surface area (Å²) in [4.78, 5) is 39.2. The monoisotopic (exact) mass is 621 g/mol. The fourth-order valence-electron chi connectivity index (χ4n) is 3.19. The number of hydrogen-bond acceptors (Lipinski definition) is 8. The molecule has 0 rings (SSSR count). The van der Waals surface area contributed by atoms with Crippen molar-refractivity contribution in [3.8, 4) is 0 Å². The van der Waals surface area contributed by atoms with Crippen LogP contribution in [0.2, 0.25) is 0 Å². The summed E-state index contributed by atoms with van der Waals surface area (Å²) in [6, 6.07) is 0. The maximum absolute atomic E-state index is 11.8. The number of hydrogen-bond donors (Lipinski definition) is 1. The summed E-state index contributed by atoms with van der Waals surface area (Å²) in [5.41, 5.74) is -0.445. The van der Waals surface area contributed by atoms with E-state index in [2.05, 4.69) is 39.5 Å². The third-order valence-corrected chi connectivity index (χ3v) is 5.24. The van der Waals surface area contributed by atoms with Crippen LogP contribution >= 0.6 is 0 Å². The van der Waals surface area contributed by atoms with E-state index in [0.29, 0.717) is 44.8 Å². The molecule has 0 aromatic rings. The first-order chi connectivity index (χ1) is 19.2. The number of carbonyl (C=O) groups is 2. The van der Waals surface area contributed by atoms with Crippen molar-refractivity contribution in [3.05, 3.63) is 82.5 Å². The summed E-state index contributed by atoms with van der Waals surface area (Å²) in [5.74, 6) is -0.0560. The van der Waals surface area contributed by atoms with Gasteiger partial charge in [0.1, 0.15) is 0 Å². The van der Waals surface area contributed by atoms with E-state index < -0.39 is 5.41 Å². The van der Waals surface area contributed by atoms with Crippen LogP contribution < -0.4 is 48.4 Å². The topological polar surface area (TPSA) is 131 Å². The molecule has 0 aromatic carbocycles. The van der Waals surface area contributed by atoms with Gasteiger partial charge in [-0.15, -0.1) is 39.5 Å². The molecule has 8 nitrogen and oxygen atoms in total. The number of aliphatic hydroxyl groups is 1. The molecule has 0 aliphatic rings. The summed E-state index contributed by atoms with van der Waals surface area (Å²) in [5, 5.41) is 14.9. The van der Waals surface area contributed by atoms with Gasteiger partial charge in [0.15, 0.2) is 17.4 Å². The normalized spacial score (nSPS) is 8.37. The van der Waals surface area contributed by atoms with E-state index in [9.17, 15) is 9.59 Å². The Balaban J connectivity index is -0.0000000539. The van der Waals surface area contributed by atoms with Crippen LogP contribution in [0.15, 0.2) is 75.9 Å². The third kappa shape index (κ3) is 38.3. The molecular formula is C32H54AlLiNNaO7. The van der Waals surface area contributed by atoms with Crippen molar-refractivity contribution < 1.29 is 83.6 Å². The Kier molecular flexibility index (Phi) is 70.4. The van der Waals surface area contributed by atoms with Crippen LogP contribution in [0.3, 0.4) is 0 Å². The second-order valence-corrected chi connectivity index (χ2v) is 8.02. The summed E-state index contributed by atoms with van der Waals surface area (Å²) in [6.07, 6.45) is 16.0. The number of rotatable bonds is 18. The van der Waals surface area contributed by atoms with Crippen LogP contribution in [-0.2, 0) is 28.7 Å². The molecule has 0 radical (unpaired) electrons. The van der Waals surface area contributed by atoms with Crippen LogP contribution in [0.1, 0.15) is 67.1 Å². The molecule has 0 saturated carbocycles. The molecule has 1 N–H and O–H groups in total. The summed E-state index contributed by atoms with van der Waals surface area (Å²) >= 11 is 0. The zero-order valence-corrected chi connectivity index (χ0v) is 28.8. The van der Waals surface area contributed by atoms with E-state index in [-0.39, 0.29) is 97.8 Å². The van der Waals surface area contributed by atoms with Gasteiger partial charge in [0.2, 0.25) is 0 Å². The van der Waals surface area contributed by atoms with E-state index in [4.69, 9.17) is 36.0 Å². The zero-order chi connectivity index (χ0) is 32.2.